The van der Waals surface area contributed by atoms with E-state index in [9.17, 15) is 14.4 Å². The number of fused-ring (bicyclic) bond motifs is 1. The number of rotatable bonds is 5. The lowest BCUT2D eigenvalue weighted by molar-refractivity contribution is -0.121. The van der Waals surface area contributed by atoms with Crippen LogP contribution in [-0.4, -0.2) is 22.7 Å². The molecule has 0 unspecified atom stereocenters. The number of imide groups is 1. The summed E-state index contributed by atoms with van der Waals surface area (Å²) in [5.41, 5.74) is 4.90. The van der Waals surface area contributed by atoms with Crippen molar-refractivity contribution in [1.29, 1.82) is 0 Å². The van der Waals surface area contributed by atoms with Gasteiger partial charge in [-0.1, -0.05) is 53.8 Å². The SMILES string of the molecule is Cc1cc(C)c2nc(N(Cc3ccccc3)C(=O)c3cccc(N4C(=O)CCC4=O)c3)sc2c1. The van der Waals surface area contributed by atoms with Gasteiger partial charge in [0, 0.05) is 18.4 Å². The number of nitrogens with zero attached hydrogens (tertiary/aromatic N) is 3. The van der Waals surface area contributed by atoms with Gasteiger partial charge in [-0.15, -0.1) is 0 Å². The van der Waals surface area contributed by atoms with Gasteiger partial charge in [-0.3, -0.25) is 24.2 Å². The number of thiazole rings is 1. The summed E-state index contributed by atoms with van der Waals surface area (Å²) in [7, 11) is 0. The van der Waals surface area contributed by atoms with Gasteiger partial charge in [0.05, 0.1) is 22.4 Å². The Kier molecular flexibility index (Phi) is 5.71. The van der Waals surface area contributed by atoms with Gasteiger partial charge in [-0.2, -0.15) is 0 Å². The molecule has 3 amide bonds. The second-order valence-corrected chi connectivity index (χ2v) is 9.48. The van der Waals surface area contributed by atoms with E-state index < -0.39 is 0 Å². The van der Waals surface area contributed by atoms with E-state index in [1.165, 1.54) is 16.2 Å². The number of carbonyl (C=O) groups excluding carboxylic acids is 3. The zero-order valence-corrected chi connectivity index (χ0v) is 19.8. The first-order valence-corrected chi connectivity index (χ1v) is 11.9. The molecule has 4 aromatic rings. The van der Waals surface area contributed by atoms with Gasteiger partial charge in [0.2, 0.25) is 11.8 Å². The molecule has 34 heavy (non-hydrogen) atoms. The zero-order chi connectivity index (χ0) is 23.8. The van der Waals surface area contributed by atoms with Crippen LogP contribution in [0.25, 0.3) is 10.2 Å². The van der Waals surface area contributed by atoms with Crippen LogP contribution in [0.2, 0.25) is 0 Å². The van der Waals surface area contributed by atoms with Crippen LogP contribution in [0, 0.1) is 13.8 Å². The number of hydrogen-bond acceptors (Lipinski definition) is 5. The molecule has 0 atom stereocenters. The van der Waals surface area contributed by atoms with Gasteiger partial charge in [0.15, 0.2) is 5.13 Å². The van der Waals surface area contributed by atoms with Crippen molar-refractivity contribution >= 4 is 50.1 Å². The highest BCUT2D eigenvalue weighted by atomic mass is 32.1. The number of benzene rings is 3. The largest absolute Gasteiger partial charge is 0.279 e. The molecule has 0 spiro atoms. The first-order valence-electron chi connectivity index (χ1n) is 11.1. The molecule has 1 aliphatic rings. The predicted molar refractivity (Wildman–Crippen MR) is 134 cm³/mol. The zero-order valence-electron chi connectivity index (χ0n) is 18.9. The second kappa shape index (κ2) is 8.83. The first kappa shape index (κ1) is 22.0. The monoisotopic (exact) mass is 469 g/mol. The Labute approximate surface area is 201 Å². The van der Waals surface area contributed by atoms with Crippen LogP contribution in [0.4, 0.5) is 10.8 Å². The van der Waals surface area contributed by atoms with Crippen LogP contribution in [0.5, 0.6) is 0 Å². The molecule has 2 heterocycles. The molecule has 1 aliphatic heterocycles. The standard InChI is InChI=1S/C27H23N3O3S/c1-17-13-18(2)25-22(14-17)34-27(28-25)29(16-19-7-4-3-5-8-19)26(33)20-9-6-10-21(15-20)30-23(31)11-12-24(30)32/h3-10,13-15H,11-12,16H2,1-2H3. The first-order chi connectivity index (χ1) is 16.4. The fourth-order valence-corrected chi connectivity index (χ4v) is 5.40. The van der Waals surface area contributed by atoms with Crippen LogP contribution >= 0.6 is 11.3 Å². The molecule has 6 nitrogen and oxygen atoms in total. The van der Waals surface area contributed by atoms with E-state index in [1.807, 2.05) is 44.2 Å². The van der Waals surface area contributed by atoms with Gasteiger partial charge >= 0.3 is 0 Å². The van der Waals surface area contributed by atoms with E-state index in [4.69, 9.17) is 4.98 Å². The summed E-state index contributed by atoms with van der Waals surface area (Å²) < 4.78 is 1.03. The summed E-state index contributed by atoms with van der Waals surface area (Å²) in [5, 5.41) is 0.608. The normalized spacial score (nSPS) is 13.6. The summed E-state index contributed by atoms with van der Waals surface area (Å²) in [6.45, 7) is 4.42. The Morgan fingerprint density at radius 3 is 2.44 bits per heavy atom. The maximum absolute atomic E-state index is 13.8. The van der Waals surface area contributed by atoms with E-state index in [-0.39, 0.29) is 30.6 Å². The van der Waals surface area contributed by atoms with Crippen LogP contribution in [0.3, 0.4) is 0 Å². The van der Waals surface area contributed by atoms with Gasteiger partial charge < -0.3 is 0 Å². The number of carbonyl (C=O) groups is 3. The van der Waals surface area contributed by atoms with E-state index >= 15 is 0 Å². The lowest BCUT2D eigenvalue weighted by Gasteiger charge is -2.21. The molecule has 7 heteroatoms. The molecule has 0 N–H and O–H groups in total. The van der Waals surface area contributed by atoms with Crippen molar-refractivity contribution in [2.24, 2.45) is 0 Å². The number of anilines is 2. The topological polar surface area (TPSA) is 70.6 Å². The van der Waals surface area contributed by atoms with Gasteiger partial charge in [0.1, 0.15) is 0 Å². The molecule has 1 fully saturated rings. The number of aryl methyl sites for hydroxylation is 2. The van der Waals surface area contributed by atoms with Crippen LogP contribution < -0.4 is 9.80 Å². The molecule has 1 aromatic heterocycles. The number of amides is 3. The highest BCUT2D eigenvalue weighted by molar-refractivity contribution is 7.22. The molecular formula is C27H23N3O3S. The van der Waals surface area contributed by atoms with Crippen LogP contribution in [0.1, 0.15) is 39.9 Å². The summed E-state index contributed by atoms with van der Waals surface area (Å²) in [6, 6.07) is 20.6. The quantitative estimate of drug-likeness (QED) is 0.366. The summed E-state index contributed by atoms with van der Waals surface area (Å²) in [5.74, 6) is -0.723. The van der Waals surface area contributed by atoms with Crippen molar-refractivity contribution in [3.8, 4) is 0 Å². The lowest BCUT2D eigenvalue weighted by atomic mass is 10.1. The highest BCUT2D eigenvalue weighted by Gasteiger charge is 2.31. The summed E-state index contributed by atoms with van der Waals surface area (Å²) >= 11 is 1.48. The van der Waals surface area contributed by atoms with Crippen LogP contribution in [0.15, 0.2) is 66.7 Å². The molecule has 5 rings (SSSR count). The number of hydrogen-bond donors (Lipinski definition) is 0. The smallest absolute Gasteiger partial charge is 0.260 e. The van der Waals surface area contributed by atoms with Gasteiger partial charge in [0.25, 0.3) is 5.91 Å². The minimum absolute atomic E-state index is 0.196. The molecule has 0 radical (unpaired) electrons. The van der Waals surface area contributed by atoms with E-state index in [0.717, 1.165) is 26.9 Å². The predicted octanol–water partition coefficient (Wildman–Crippen LogP) is 5.41. The fraction of sp³-hybridized carbons (Fsp3) is 0.185. The Balaban J connectivity index is 1.56. The van der Waals surface area contributed by atoms with Crippen molar-refractivity contribution in [1.82, 2.24) is 4.98 Å². The van der Waals surface area contributed by atoms with Gasteiger partial charge in [-0.05, 0) is 54.8 Å². The van der Waals surface area contributed by atoms with Crippen LogP contribution in [-0.2, 0) is 16.1 Å². The van der Waals surface area contributed by atoms with Crippen molar-refractivity contribution in [2.45, 2.75) is 33.2 Å². The maximum Gasteiger partial charge on any atom is 0.260 e. The molecular weight excluding hydrogens is 446 g/mol. The molecule has 0 aliphatic carbocycles. The molecule has 3 aromatic carbocycles. The minimum atomic E-state index is -0.243. The number of aromatic nitrogens is 1. The third-order valence-electron chi connectivity index (χ3n) is 5.88. The van der Waals surface area contributed by atoms with E-state index in [1.54, 1.807) is 29.2 Å². The Morgan fingerprint density at radius 1 is 0.971 bits per heavy atom. The Morgan fingerprint density at radius 2 is 1.71 bits per heavy atom. The van der Waals surface area contributed by atoms with Crippen molar-refractivity contribution in [3.05, 3.63) is 89.0 Å². The lowest BCUT2D eigenvalue weighted by Crippen LogP contribution is -2.31. The maximum atomic E-state index is 13.8. The fourth-order valence-electron chi connectivity index (χ4n) is 4.27. The summed E-state index contributed by atoms with van der Waals surface area (Å²) in [6.07, 6.45) is 0.392. The highest BCUT2D eigenvalue weighted by Crippen LogP contribution is 2.34. The summed E-state index contributed by atoms with van der Waals surface area (Å²) in [4.78, 5) is 45.9. The average molecular weight is 470 g/mol. The Hall–Kier alpha value is -3.84. The molecule has 0 bridgehead atoms. The molecule has 170 valence electrons. The second-order valence-electron chi connectivity index (χ2n) is 8.48. The average Bonchev–Trinajstić information content (AvgIpc) is 3.40. The van der Waals surface area contributed by atoms with Crippen molar-refractivity contribution < 1.29 is 14.4 Å². The minimum Gasteiger partial charge on any atom is -0.279 e. The molecule has 0 saturated carbocycles. The van der Waals surface area contributed by atoms with Crippen molar-refractivity contribution in [3.63, 3.8) is 0 Å². The van der Waals surface area contributed by atoms with E-state index in [0.29, 0.717) is 22.9 Å². The van der Waals surface area contributed by atoms with E-state index in [2.05, 4.69) is 12.1 Å². The Bertz CT molecular complexity index is 1410. The third-order valence-corrected chi connectivity index (χ3v) is 6.91. The van der Waals surface area contributed by atoms with Crippen molar-refractivity contribution in [2.75, 3.05) is 9.80 Å². The molecule has 1 saturated heterocycles. The van der Waals surface area contributed by atoms with Gasteiger partial charge in [-0.25, -0.2) is 4.98 Å². The third kappa shape index (κ3) is 4.10.